The molecular formula is C16H30O7S. The third-order valence-electron chi connectivity index (χ3n) is 3.72. The van der Waals surface area contributed by atoms with Crippen LogP contribution in [-0.4, -0.2) is 41.9 Å². The first-order valence-corrected chi connectivity index (χ1v) is 10.1. The summed E-state index contributed by atoms with van der Waals surface area (Å²) in [7, 11) is -4.78. The van der Waals surface area contributed by atoms with Crippen molar-refractivity contribution in [2.45, 2.75) is 82.8 Å². The fourth-order valence-electron chi connectivity index (χ4n) is 2.32. The number of carboxylic acid groups (broad SMARTS) is 1. The van der Waals surface area contributed by atoms with E-state index >= 15 is 0 Å². The van der Waals surface area contributed by atoms with Gasteiger partial charge in [0, 0.05) is 0 Å². The predicted molar refractivity (Wildman–Crippen MR) is 90.4 cm³/mol. The molecule has 8 heteroatoms. The zero-order valence-corrected chi connectivity index (χ0v) is 15.2. The van der Waals surface area contributed by atoms with Gasteiger partial charge in [-0.15, -0.1) is 0 Å². The van der Waals surface area contributed by atoms with Crippen LogP contribution in [0.2, 0.25) is 0 Å². The van der Waals surface area contributed by atoms with Gasteiger partial charge >= 0.3 is 11.9 Å². The molecule has 0 radical (unpaired) electrons. The van der Waals surface area contributed by atoms with Crippen molar-refractivity contribution in [3.63, 3.8) is 0 Å². The van der Waals surface area contributed by atoms with E-state index in [9.17, 15) is 18.0 Å². The van der Waals surface area contributed by atoms with Gasteiger partial charge in [-0.05, 0) is 6.42 Å². The molecule has 142 valence electrons. The average Bonchev–Trinajstić information content (AvgIpc) is 2.48. The maximum atomic E-state index is 11.6. The van der Waals surface area contributed by atoms with E-state index in [0.717, 1.165) is 19.3 Å². The highest BCUT2D eigenvalue weighted by atomic mass is 32.2. The van der Waals surface area contributed by atoms with E-state index in [0.29, 0.717) is 6.42 Å². The van der Waals surface area contributed by atoms with Crippen LogP contribution in [0.3, 0.4) is 0 Å². The maximum Gasteiger partial charge on any atom is 0.327 e. The fourth-order valence-corrected chi connectivity index (χ4v) is 2.99. The molecule has 0 rings (SSSR count). The first-order valence-electron chi connectivity index (χ1n) is 8.63. The summed E-state index contributed by atoms with van der Waals surface area (Å²) in [5.74, 6) is -2.70. The second kappa shape index (κ2) is 13.2. The normalized spacial score (nSPS) is 12.8. The molecule has 0 aromatic carbocycles. The predicted octanol–water partition coefficient (Wildman–Crippen LogP) is 3.18. The van der Waals surface area contributed by atoms with E-state index in [1.54, 1.807) is 0 Å². The first kappa shape index (κ1) is 22.9. The van der Waals surface area contributed by atoms with Crippen molar-refractivity contribution in [2.24, 2.45) is 0 Å². The number of carbonyl (C=O) groups is 2. The minimum Gasteiger partial charge on any atom is -0.481 e. The van der Waals surface area contributed by atoms with Gasteiger partial charge in [-0.1, -0.05) is 64.7 Å². The summed E-state index contributed by atoms with van der Waals surface area (Å²) in [6, 6.07) is 0. The number of ether oxygens (including phenoxy) is 1. The highest BCUT2D eigenvalue weighted by Gasteiger charge is 2.34. The second-order valence-corrected chi connectivity index (χ2v) is 7.55. The SMILES string of the molecule is CCCCCCCCCCCCOC(=O)[C@H](CC(=O)O)S(=O)(=O)O. The van der Waals surface area contributed by atoms with Crippen LogP contribution in [0.1, 0.15) is 77.6 Å². The summed E-state index contributed by atoms with van der Waals surface area (Å²) >= 11 is 0. The van der Waals surface area contributed by atoms with Crippen LogP contribution in [-0.2, 0) is 24.4 Å². The van der Waals surface area contributed by atoms with Crippen LogP contribution >= 0.6 is 0 Å². The number of esters is 1. The number of carboxylic acids is 1. The van der Waals surface area contributed by atoms with Crippen molar-refractivity contribution in [2.75, 3.05) is 6.61 Å². The lowest BCUT2D eigenvalue weighted by atomic mass is 10.1. The maximum absolute atomic E-state index is 11.6. The van der Waals surface area contributed by atoms with Gasteiger partial charge in [-0.25, -0.2) is 0 Å². The van der Waals surface area contributed by atoms with Gasteiger partial charge in [0.05, 0.1) is 13.0 Å². The molecule has 24 heavy (non-hydrogen) atoms. The Labute approximate surface area is 144 Å². The highest BCUT2D eigenvalue weighted by molar-refractivity contribution is 7.87. The Morgan fingerprint density at radius 2 is 1.38 bits per heavy atom. The lowest BCUT2D eigenvalue weighted by Crippen LogP contribution is -2.34. The average molecular weight is 366 g/mol. The van der Waals surface area contributed by atoms with Crippen molar-refractivity contribution in [3.05, 3.63) is 0 Å². The molecule has 0 aliphatic carbocycles. The lowest BCUT2D eigenvalue weighted by molar-refractivity contribution is -0.147. The van der Waals surface area contributed by atoms with Gasteiger partial charge in [-0.3, -0.25) is 14.1 Å². The molecule has 0 saturated carbocycles. The quantitative estimate of drug-likeness (QED) is 0.259. The van der Waals surface area contributed by atoms with Crippen LogP contribution in [0.25, 0.3) is 0 Å². The summed E-state index contributed by atoms with van der Waals surface area (Å²) in [5, 5.41) is 6.52. The van der Waals surface area contributed by atoms with Crippen LogP contribution in [0, 0.1) is 0 Å². The molecule has 7 nitrogen and oxygen atoms in total. The molecule has 1 atom stereocenters. The molecule has 0 amide bonds. The summed E-state index contributed by atoms with van der Waals surface area (Å²) in [6.07, 6.45) is 10.1. The molecule has 0 aromatic rings. The smallest absolute Gasteiger partial charge is 0.327 e. The minimum atomic E-state index is -4.78. The van der Waals surface area contributed by atoms with Gasteiger partial charge in [0.2, 0.25) is 0 Å². The summed E-state index contributed by atoms with van der Waals surface area (Å²) in [4.78, 5) is 22.1. The molecular weight excluding hydrogens is 336 g/mol. The van der Waals surface area contributed by atoms with E-state index in [4.69, 9.17) is 14.4 Å². The summed E-state index contributed by atoms with van der Waals surface area (Å²) in [5.41, 5.74) is 0. The molecule has 0 spiro atoms. The Morgan fingerprint density at radius 1 is 0.917 bits per heavy atom. The van der Waals surface area contributed by atoms with Gasteiger partial charge in [0.25, 0.3) is 10.1 Å². The monoisotopic (exact) mass is 366 g/mol. The number of unbranched alkanes of at least 4 members (excludes halogenated alkanes) is 9. The molecule has 0 unspecified atom stereocenters. The molecule has 0 saturated heterocycles. The van der Waals surface area contributed by atoms with Crippen LogP contribution < -0.4 is 0 Å². The number of hydrogen-bond acceptors (Lipinski definition) is 5. The van der Waals surface area contributed by atoms with Gasteiger partial charge < -0.3 is 9.84 Å². The molecule has 0 bridgehead atoms. The third-order valence-corrected chi connectivity index (χ3v) is 4.80. The lowest BCUT2D eigenvalue weighted by Gasteiger charge is -2.11. The highest BCUT2D eigenvalue weighted by Crippen LogP contribution is 2.11. The number of carbonyl (C=O) groups excluding carboxylic acids is 1. The van der Waals surface area contributed by atoms with Gasteiger partial charge in [0.1, 0.15) is 0 Å². The number of aliphatic carboxylic acids is 1. The van der Waals surface area contributed by atoms with Crippen molar-refractivity contribution >= 4 is 22.1 Å². The molecule has 2 N–H and O–H groups in total. The Kier molecular flexibility index (Phi) is 12.5. The zero-order valence-electron chi connectivity index (χ0n) is 14.4. The first-order chi connectivity index (χ1) is 11.3. The van der Waals surface area contributed by atoms with Crippen LogP contribution in [0.15, 0.2) is 0 Å². The fraction of sp³-hybridized carbons (Fsp3) is 0.875. The van der Waals surface area contributed by atoms with Gasteiger partial charge in [0.15, 0.2) is 5.25 Å². The number of rotatable bonds is 15. The molecule has 0 aliphatic rings. The third kappa shape index (κ3) is 12.3. The Balaban J connectivity index is 3.75. The van der Waals surface area contributed by atoms with Crippen molar-refractivity contribution in [1.29, 1.82) is 0 Å². The van der Waals surface area contributed by atoms with Crippen molar-refractivity contribution in [3.8, 4) is 0 Å². The van der Waals surface area contributed by atoms with Crippen molar-refractivity contribution in [1.82, 2.24) is 0 Å². The molecule has 0 heterocycles. The number of hydrogen-bond donors (Lipinski definition) is 2. The van der Waals surface area contributed by atoms with Crippen molar-refractivity contribution < 1.29 is 32.4 Å². The van der Waals surface area contributed by atoms with E-state index in [1.165, 1.54) is 38.5 Å². The summed E-state index contributed by atoms with van der Waals surface area (Å²) < 4.78 is 35.6. The van der Waals surface area contributed by atoms with Crippen LogP contribution in [0.4, 0.5) is 0 Å². The Morgan fingerprint density at radius 3 is 1.79 bits per heavy atom. The Hall–Kier alpha value is -1.15. The van der Waals surface area contributed by atoms with E-state index in [1.807, 2.05) is 0 Å². The molecule has 0 aromatic heterocycles. The van der Waals surface area contributed by atoms with E-state index < -0.39 is 33.7 Å². The van der Waals surface area contributed by atoms with E-state index in [-0.39, 0.29) is 6.61 Å². The topological polar surface area (TPSA) is 118 Å². The minimum absolute atomic E-state index is 0.0287. The molecule has 0 fully saturated rings. The Bertz CT molecular complexity index is 459. The van der Waals surface area contributed by atoms with Crippen LogP contribution in [0.5, 0.6) is 0 Å². The summed E-state index contributed by atoms with van der Waals surface area (Å²) in [6.45, 7) is 2.22. The zero-order chi connectivity index (χ0) is 18.4. The largest absolute Gasteiger partial charge is 0.481 e. The van der Waals surface area contributed by atoms with Gasteiger partial charge in [-0.2, -0.15) is 8.42 Å². The molecule has 0 aliphatic heterocycles. The van der Waals surface area contributed by atoms with E-state index in [2.05, 4.69) is 6.92 Å². The second-order valence-electron chi connectivity index (χ2n) is 5.95. The standard InChI is InChI=1S/C16H30O7S/c1-2-3-4-5-6-7-8-9-10-11-12-23-16(19)14(13-15(17)18)24(20,21)22/h14H,2-13H2,1H3,(H,17,18)(H,20,21,22)/t14-/m0/s1.